The van der Waals surface area contributed by atoms with Gasteiger partial charge in [0.1, 0.15) is 6.07 Å². The lowest BCUT2D eigenvalue weighted by molar-refractivity contribution is -0.123. The maximum Gasteiger partial charge on any atom is 0.241 e. The van der Waals surface area contributed by atoms with Crippen LogP contribution in [0.3, 0.4) is 0 Å². The van der Waals surface area contributed by atoms with Crippen molar-refractivity contribution in [3.63, 3.8) is 0 Å². The molecule has 0 aliphatic carbocycles. The standard InChI is InChI=1S/C22H24N4O2/c1-16(21(27)25-20-10-6-5-7-18(20)15-23)26-13-11-17(12-14-26)22(28)24-19-8-3-2-4-9-19/h2-10,16-17H,11-14H2,1H3,(H,24,28)(H,25,27)/t16-/m0/s1. The van der Waals surface area contributed by atoms with Crippen LogP contribution in [0.5, 0.6) is 0 Å². The van der Waals surface area contributed by atoms with E-state index in [1.807, 2.05) is 37.3 Å². The molecule has 0 bridgehead atoms. The molecular weight excluding hydrogens is 352 g/mol. The summed E-state index contributed by atoms with van der Waals surface area (Å²) >= 11 is 0. The van der Waals surface area contributed by atoms with Gasteiger partial charge in [-0.05, 0) is 57.1 Å². The van der Waals surface area contributed by atoms with Gasteiger partial charge in [0, 0.05) is 11.6 Å². The number of hydrogen-bond donors (Lipinski definition) is 2. The summed E-state index contributed by atoms with van der Waals surface area (Å²) in [7, 11) is 0. The van der Waals surface area contributed by atoms with Gasteiger partial charge in [0.15, 0.2) is 0 Å². The minimum Gasteiger partial charge on any atom is -0.326 e. The highest BCUT2D eigenvalue weighted by Crippen LogP contribution is 2.22. The minimum absolute atomic E-state index is 0.0332. The second-order valence-electron chi connectivity index (χ2n) is 6.99. The molecule has 2 aromatic carbocycles. The second kappa shape index (κ2) is 9.16. The van der Waals surface area contributed by atoms with Gasteiger partial charge in [-0.15, -0.1) is 0 Å². The summed E-state index contributed by atoms with van der Waals surface area (Å²) in [6.07, 6.45) is 1.43. The van der Waals surface area contributed by atoms with Crippen molar-refractivity contribution in [2.45, 2.75) is 25.8 Å². The highest BCUT2D eigenvalue weighted by Gasteiger charge is 2.30. The highest BCUT2D eigenvalue weighted by atomic mass is 16.2. The summed E-state index contributed by atoms with van der Waals surface area (Å²) in [5.41, 5.74) is 1.78. The minimum atomic E-state index is -0.329. The van der Waals surface area contributed by atoms with Crippen LogP contribution in [0.2, 0.25) is 0 Å². The molecule has 1 atom stereocenters. The Morgan fingerprint density at radius 1 is 1.04 bits per heavy atom. The predicted octanol–water partition coefficient (Wildman–Crippen LogP) is 3.24. The predicted molar refractivity (Wildman–Crippen MR) is 109 cm³/mol. The fraction of sp³-hybridized carbons (Fsp3) is 0.318. The Bertz CT molecular complexity index is 868. The second-order valence-corrected chi connectivity index (χ2v) is 6.99. The van der Waals surface area contributed by atoms with E-state index in [0.29, 0.717) is 37.2 Å². The topological polar surface area (TPSA) is 85.2 Å². The Morgan fingerprint density at radius 2 is 1.68 bits per heavy atom. The number of rotatable bonds is 5. The van der Waals surface area contributed by atoms with Gasteiger partial charge in [0.05, 0.1) is 17.3 Å². The molecule has 2 amide bonds. The number of carbonyl (C=O) groups excluding carboxylic acids is 2. The maximum absolute atomic E-state index is 12.6. The lowest BCUT2D eigenvalue weighted by Gasteiger charge is -2.34. The van der Waals surface area contributed by atoms with Crippen LogP contribution in [0.4, 0.5) is 11.4 Å². The number of benzene rings is 2. The number of nitrogens with one attached hydrogen (secondary N) is 2. The monoisotopic (exact) mass is 376 g/mol. The van der Waals surface area contributed by atoms with E-state index in [1.54, 1.807) is 24.3 Å². The molecule has 1 fully saturated rings. The smallest absolute Gasteiger partial charge is 0.241 e. The zero-order chi connectivity index (χ0) is 19.9. The van der Waals surface area contributed by atoms with Crippen molar-refractivity contribution in [1.82, 2.24) is 4.90 Å². The number of carbonyl (C=O) groups is 2. The molecule has 6 nitrogen and oxygen atoms in total. The SMILES string of the molecule is C[C@@H](C(=O)Nc1ccccc1C#N)N1CCC(C(=O)Nc2ccccc2)CC1. The van der Waals surface area contributed by atoms with Gasteiger partial charge in [0.25, 0.3) is 0 Å². The van der Waals surface area contributed by atoms with E-state index in [2.05, 4.69) is 21.6 Å². The summed E-state index contributed by atoms with van der Waals surface area (Å²) in [5, 5.41) is 15.0. The number of amides is 2. The third-order valence-electron chi connectivity index (χ3n) is 5.17. The quantitative estimate of drug-likeness (QED) is 0.839. The van der Waals surface area contributed by atoms with E-state index in [1.165, 1.54) is 0 Å². The van der Waals surface area contributed by atoms with E-state index in [-0.39, 0.29) is 23.8 Å². The molecule has 0 aromatic heterocycles. The van der Waals surface area contributed by atoms with Crippen LogP contribution in [-0.4, -0.2) is 35.8 Å². The van der Waals surface area contributed by atoms with Gasteiger partial charge < -0.3 is 10.6 Å². The molecule has 0 radical (unpaired) electrons. The van der Waals surface area contributed by atoms with E-state index in [0.717, 1.165) is 5.69 Å². The molecule has 3 rings (SSSR count). The summed E-state index contributed by atoms with van der Waals surface area (Å²) in [6.45, 7) is 3.22. The first kappa shape index (κ1) is 19.6. The number of anilines is 2. The Balaban J connectivity index is 1.52. The van der Waals surface area contributed by atoms with Gasteiger partial charge in [-0.1, -0.05) is 30.3 Å². The molecule has 6 heteroatoms. The van der Waals surface area contributed by atoms with Crippen molar-refractivity contribution in [3.8, 4) is 6.07 Å². The molecular formula is C22H24N4O2. The molecule has 1 heterocycles. The number of hydrogen-bond acceptors (Lipinski definition) is 4. The van der Waals surface area contributed by atoms with Gasteiger partial charge in [-0.25, -0.2) is 0 Å². The molecule has 0 unspecified atom stereocenters. The van der Waals surface area contributed by atoms with Gasteiger partial charge in [0.2, 0.25) is 11.8 Å². The Kier molecular flexibility index (Phi) is 6.41. The molecule has 28 heavy (non-hydrogen) atoms. The lowest BCUT2D eigenvalue weighted by atomic mass is 9.94. The number of nitriles is 1. The summed E-state index contributed by atoms with van der Waals surface area (Å²) in [4.78, 5) is 27.1. The number of likely N-dealkylation sites (tertiary alicyclic amines) is 1. The molecule has 1 aliphatic rings. The number of para-hydroxylation sites is 2. The summed E-state index contributed by atoms with van der Waals surface area (Å²) in [6, 6.07) is 18.2. The van der Waals surface area contributed by atoms with Gasteiger partial charge in [-0.2, -0.15) is 5.26 Å². The van der Waals surface area contributed by atoms with E-state index in [9.17, 15) is 9.59 Å². The van der Waals surface area contributed by atoms with Crippen LogP contribution >= 0.6 is 0 Å². The van der Waals surface area contributed by atoms with Crippen molar-refractivity contribution in [1.29, 1.82) is 5.26 Å². The van der Waals surface area contributed by atoms with Crippen LogP contribution in [0.15, 0.2) is 54.6 Å². The van der Waals surface area contributed by atoms with Crippen molar-refractivity contribution >= 4 is 23.2 Å². The Hall–Kier alpha value is -3.17. The summed E-state index contributed by atoms with van der Waals surface area (Å²) in [5.74, 6) is -0.160. The molecule has 2 N–H and O–H groups in total. The lowest BCUT2D eigenvalue weighted by Crippen LogP contribution is -2.47. The Morgan fingerprint density at radius 3 is 2.36 bits per heavy atom. The van der Waals surface area contributed by atoms with Crippen LogP contribution in [-0.2, 0) is 9.59 Å². The first-order valence-electron chi connectivity index (χ1n) is 9.48. The van der Waals surface area contributed by atoms with Crippen LogP contribution in [0.1, 0.15) is 25.3 Å². The van der Waals surface area contributed by atoms with Crippen molar-refractivity contribution < 1.29 is 9.59 Å². The maximum atomic E-state index is 12.6. The zero-order valence-corrected chi connectivity index (χ0v) is 15.9. The zero-order valence-electron chi connectivity index (χ0n) is 15.9. The van der Waals surface area contributed by atoms with E-state index in [4.69, 9.17) is 5.26 Å². The van der Waals surface area contributed by atoms with Crippen molar-refractivity contribution in [2.24, 2.45) is 5.92 Å². The van der Waals surface area contributed by atoms with Gasteiger partial charge in [-0.3, -0.25) is 14.5 Å². The van der Waals surface area contributed by atoms with Crippen LogP contribution in [0.25, 0.3) is 0 Å². The third-order valence-corrected chi connectivity index (χ3v) is 5.17. The highest BCUT2D eigenvalue weighted by molar-refractivity contribution is 5.96. The molecule has 0 saturated carbocycles. The molecule has 1 saturated heterocycles. The fourth-order valence-electron chi connectivity index (χ4n) is 3.41. The molecule has 0 spiro atoms. The van der Waals surface area contributed by atoms with Crippen molar-refractivity contribution in [3.05, 3.63) is 60.2 Å². The number of piperidine rings is 1. The molecule has 2 aromatic rings. The van der Waals surface area contributed by atoms with E-state index < -0.39 is 0 Å². The van der Waals surface area contributed by atoms with E-state index >= 15 is 0 Å². The normalized spacial score (nSPS) is 16.0. The fourth-order valence-corrected chi connectivity index (χ4v) is 3.41. The largest absolute Gasteiger partial charge is 0.326 e. The Labute approximate surface area is 165 Å². The third kappa shape index (κ3) is 4.76. The molecule has 1 aliphatic heterocycles. The average Bonchev–Trinajstić information content (AvgIpc) is 2.74. The first-order valence-corrected chi connectivity index (χ1v) is 9.48. The number of nitrogens with zero attached hydrogens (tertiary/aromatic N) is 2. The van der Waals surface area contributed by atoms with Crippen LogP contribution in [0, 0.1) is 17.2 Å². The first-order chi connectivity index (χ1) is 13.6. The van der Waals surface area contributed by atoms with Crippen molar-refractivity contribution in [2.75, 3.05) is 23.7 Å². The van der Waals surface area contributed by atoms with Crippen LogP contribution < -0.4 is 10.6 Å². The summed E-state index contributed by atoms with van der Waals surface area (Å²) < 4.78 is 0. The molecule has 144 valence electrons. The van der Waals surface area contributed by atoms with Gasteiger partial charge >= 0.3 is 0 Å². The average molecular weight is 376 g/mol.